The van der Waals surface area contributed by atoms with Crippen LogP contribution >= 0.6 is 0 Å². The maximum Gasteiger partial charge on any atom is 0.253 e. The Labute approximate surface area is 248 Å². The van der Waals surface area contributed by atoms with Gasteiger partial charge in [0.2, 0.25) is 0 Å². The number of halogens is 2. The summed E-state index contributed by atoms with van der Waals surface area (Å²) in [5.41, 5.74) is 3.00. The quantitative estimate of drug-likeness (QED) is 0.197. The van der Waals surface area contributed by atoms with E-state index in [1.54, 1.807) is 23.1 Å². The fourth-order valence-electron chi connectivity index (χ4n) is 5.05. The number of nitrogens with one attached hydrogen (secondary N) is 2. The van der Waals surface area contributed by atoms with E-state index in [0.29, 0.717) is 30.8 Å². The molecule has 226 valence electrons. The molecule has 2 amide bonds. The van der Waals surface area contributed by atoms with Crippen LogP contribution in [0.4, 0.5) is 8.78 Å². The minimum atomic E-state index is -1.03. The van der Waals surface area contributed by atoms with Crippen LogP contribution < -0.4 is 10.6 Å². The number of aliphatic hydroxyl groups is 1. The van der Waals surface area contributed by atoms with Crippen LogP contribution in [0.2, 0.25) is 0 Å². The van der Waals surface area contributed by atoms with E-state index in [1.165, 1.54) is 17.7 Å². The minimum absolute atomic E-state index is 0.0195. The summed E-state index contributed by atoms with van der Waals surface area (Å²) in [6.07, 6.45) is 2.38. The summed E-state index contributed by atoms with van der Waals surface area (Å²) < 4.78 is 27.9. The van der Waals surface area contributed by atoms with Crippen molar-refractivity contribution in [3.05, 3.63) is 106 Å². The van der Waals surface area contributed by atoms with Crippen LogP contribution in [0.25, 0.3) is 0 Å². The van der Waals surface area contributed by atoms with Gasteiger partial charge in [0, 0.05) is 36.8 Å². The minimum Gasteiger partial charge on any atom is -0.390 e. The highest BCUT2D eigenvalue weighted by Gasteiger charge is 2.24. The standard InChI is InChI=1S/C34H43F2N3O3/c1-4-14-39(15-5-2)34(42)28-17-24(3)16-27(21-28)33(41)38-31(20-26-18-29(35)22-30(36)19-26)32(40)23-37-13-9-12-25-10-7-6-8-11-25/h6-8,10-11,16-19,21-22,31-32,37,40H,4-5,9,12-15,20,23H2,1-3H3,(H,38,41)/t31-,32+/m0/s1. The third kappa shape index (κ3) is 10.3. The summed E-state index contributed by atoms with van der Waals surface area (Å²) in [6.45, 7) is 7.92. The molecule has 0 fully saturated rings. The van der Waals surface area contributed by atoms with Gasteiger partial charge in [0.05, 0.1) is 12.1 Å². The summed E-state index contributed by atoms with van der Waals surface area (Å²) in [5, 5.41) is 17.2. The Balaban J connectivity index is 1.73. The SMILES string of the molecule is CCCN(CCC)C(=O)c1cc(C)cc(C(=O)N[C@@H](Cc2cc(F)cc(F)c2)[C@H](O)CNCCCc2ccccc2)c1. The topological polar surface area (TPSA) is 81.7 Å². The third-order valence-electron chi connectivity index (χ3n) is 7.03. The van der Waals surface area contributed by atoms with E-state index in [2.05, 4.69) is 22.8 Å². The van der Waals surface area contributed by atoms with Crippen LogP contribution in [0, 0.1) is 18.6 Å². The van der Waals surface area contributed by atoms with Crippen molar-refractivity contribution >= 4 is 11.8 Å². The first kappa shape index (κ1) is 32.9. The second kappa shape index (κ2) is 16.7. The van der Waals surface area contributed by atoms with Crippen LogP contribution in [-0.2, 0) is 12.8 Å². The first-order valence-electron chi connectivity index (χ1n) is 14.8. The smallest absolute Gasteiger partial charge is 0.253 e. The molecule has 0 aromatic heterocycles. The fraction of sp³-hybridized carbons (Fsp3) is 0.412. The largest absolute Gasteiger partial charge is 0.390 e. The monoisotopic (exact) mass is 579 g/mol. The van der Waals surface area contributed by atoms with Crippen LogP contribution in [0.15, 0.2) is 66.7 Å². The normalized spacial score (nSPS) is 12.5. The van der Waals surface area contributed by atoms with Gasteiger partial charge in [0.15, 0.2) is 0 Å². The van der Waals surface area contributed by atoms with E-state index in [0.717, 1.165) is 37.3 Å². The van der Waals surface area contributed by atoms with Crippen LogP contribution in [-0.4, -0.2) is 60.1 Å². The predicted octanol–water partition coefficient (Wildman–Crippen LogP) is 5.46. The summed E-state index contributed by atoms with van der Waals surface area (Å²) in [4.78, 5) is 28.5. The zero-order chi connectivity index (χ0) is 30.5. The summed E-state index contributed by atoms with van der Waals surface area (Å²) in [7, 11) is 0. The van der Waals surface area contributed by atoms with Gasteiger partial charge in [-0.2, -0.15) is 0 Å². The molecule has 3 N–H and O–H groups in total. The van der Waals surface area contributed by atoms with Gasteiger partial charge >= 0.3 is 0 Å². The third-order valence-corrected chi connectivity index (χ3v) is 7.03. The van der Waals surface area contributed by atoms with Crippen molar-refractivity contribution in [1.82, 2.24) is 15.5 Å². The van der Waals surface area contributed by atoms with Gasteiger partial charge in [-0.05, 0) is 92.6 Å². The number of nitrogens with zero attached hydrogens (tertiary/aromatic N) is 1. The summed E-state index contributed by atoms with van der Waals surface area (Å²) in [6, 6.07) is 17.4. The Morgan fingerprint density at radius 3 is 2.17 bits per heavy atom. The second-order valence-corrected chi connectivity index (χ2v) is 10.8. The van der Waals surface area contributed by atoms with Crippen molar-refractivity contribution in [2.45, 2.75) is 65.0 Å². The molecule has 0 heterocycles. The molecule has 0 spiro atoms. The van der Waals surface area contributed by atoms with E-state index in [4.69, 9.17) is 0 Å². The zero-order valence-electron chi connectivity index (χ0n) is 24.8. The van der Waals surface area contributed by atoms with Gasteiger partial charge < -0.3 is 20.6 Å². The van der Waals surface area contributed by atoms with E-state index >= 15 is 0 Å². The summed E-state index contributed by atoms with van der Waals surface area (Å²) >= 11 is 0. The lowest BCUT2D eigenvalue weighted by Crippen LogP contribution is -2.49. The lowest BCUT2D eigenvalue weighted by molar-refractivity contribution is 0.0755. The number of hydrogen-bond acceptors (Lipinski definition) is 4. The zero-order valence-corrected chi connectivity index (χ0v) is 24.8. The van der Waals surface area contributed by atoms with Gasteiger partial charge in [-0.15, -0.1) is 0 Å². The number of benzene rings is 3. The molecule has 0 unspecified atom stereocenters. The van der Waals surface area contributed by atoms with Crippen molar-refractivity contribution in [2.75, 3.05) is 26.2 Å². The van der Waals surface area contributed by atoms with Crippen molar-refractivity contribution < 1.29 is 23.5 Å². The highest BCUT2D eigenvalue weighted by Crippen LogP contribution is 2.16. The van der Waals surface area contributed by atoms with E-state index in [9.17, 15) is 23.5 Å². The maximum absolute atomic E-state index is 13.9. The number of aliphatic hydroxyl groups excluding tert-OH is 1. The predicted molar refractivity (Wildman–Crippen MR) is 163 cm³/mol. The van der Waals surface area contributed by atoms with Crippen LogP contribution in [0.1, 0.15) is 70.5 Å². The Morgan fingerprint density at radius 1 is 0.881 bits per heavy atom. The number of rotatable bonds is 16. The van der Waals surface area contributed by atoms with E-state index in [-0.39, 0.29) is 24.4 Å². The van der Waals surface area contributed by atoms with Gasteiger partial charge in [-0.3, -0.25) is 9.59 Å². The average Bonchev–Trinajstić information content (AvgIpc) is 2.95. The number of carbonyl (C=O) groups excluding carboxylic acids is 2. The molecule has 0 saturated carbocycles. The molecule has 0 aliphatic rings. The molecule has 42 heavy (non-hydrogen) atoms. The van der Waals surface area contributed by atoms with Gasteiger partial charge in [-0.1, -0.05) is 44.2 Å². The molecular formula is C34H43F2N3O3. The molecule has 0 aliphatic heterocycles. The molecule has 3 rings (SSSR count). The van der Waals surface area contributed by atoms with Crippen molar-refractivity contribution in [3.63, 3.8) is 0 Å². The molecule has 0 bridgehead atoms. The van der Waals surface area contributed by atoms with Gasteiger partial charge in [-0.25, -0.2) is 8.78 Å². The number of aryl methyl sites for hydroxylation is 2. The number of amides is 2. The molecule has 0 saturated heterocycles. The Kier molecular flexibility index (Phi) is 13.1. The van der Waals surface area contributed by atoms with Crippen LogP contribution in [0.5, 0.6) is 0 Å². The molecular weight excluding hydrogens is 536 g/mol. The number of hydrogen-bond donors (Lipinski definition) is 3. The molecule has 6 nitrogen and oxygen atoms in total. The Hall–Kier alpha value is -3.62. The second-order valence-electron chi connectivity index (χ2n) is 10.8. The fourth-order valence-corrected chi connectivity index (χ4v) is 5.05. The highest BCUT2D eigenvalue weighted by molar-refractivity contribution is 6.00. The van der Waals surface area contributed by atoms with E-state index < -0.39 is 29.7 Å². The first-order chi connectivity index (χ1) is 20.2. The highest BCUT2D eigenvalue weighted by atomic mass is 19.1. The molecule has 0 aliphatic carbocycles. The molecule has 8 heteroatoms. The Morgan fingerprint density at radius 2 is 1.52 bits per heavy atom. The van der Waals surface area contributed by atoms with Crippen molar-refractivity contribution in [3.8, 4) is 0 Å². The lowest BCUT2D eigenvalue weighted by Gasteiger charge is -2.25. The maximum atomic E-state index is 13.9. The molecule has 3 aromatic carbocycles. The van der Waals surface area contributed by atoms with Crippen molar-refractivity contribution in [2.24, 2.45) is 0 Å². The molecule has 0 radical (unpaired) electrons. The average molecular weight is 580 g/mol. The number of carbonyl (C=O) groups is 2. The van der Waals surface area contributed by atoms with Gasteiger partial charge in [0.1, 0.15) is 11.6 Å². The van der Waals surface area contributed by atoms with Gasteiger partial charge in [0.25, 0.3) is 11.8 Å². The van der Waals surface area contributed by atoms with E-state index in [1.807, 2.05) is 39.0 Å². The molecule has 3 aromatic rings. The Bertz CT molecular complexity index is 1280. The van der Waals surface area contributed by atoms with Crippen molar-refractivity contribution in [1.29, 1.82) is 0 Å². The first-order valence-corrected chi connectivity index (χ1v) is 14.8. The lowest BCUT2D eigenvalue weighted by atomic mass is 9.99. The summed E-state index contributed by atoms with van der Waals surface area (Å²) in [5.74, 6) is -2.07. The molecule has 2 atom stereocenters. The van der Waals surface area contributed by atoms with Crippen LogP contribution in [0.3, 0.4) is 0 Å².